The van der Waals surface area contributed by atoms with E-state index in [0.29, 0.717) is 5.69 Å². The number of allylic oxidation sites excluding steroid dienone is 1. The van der Waals surface area contributed by atoms with Gasteiger partial charge in [0.25, 0.3) is 11.8 Å². The van der Waals surface area contributed by atoms with Crippen LogP contribution in [0.2, 0.25) is 0 Å². The fourth-order valence-corrected chi connectivity index (χ4v) is 2.60. The summed E-state index contributed by atoms with van der Waals surface area (Å²) in [7, 11) is 0. The van der Waals surface area contributed by atoms with Crippen LogP contribution in [0.25, 0.3) is 0 Å². The number of carbonyl (C=O) groups is 3. The number of rotatable bonds is 5. The lowest BCUT2D eigenvalue weighted by molar-refractivity contribution is -0.124. The van der Waals surface area contributed by atoms with Gasteiger partial charge in [-0.05, 0) is 30.3 Å². The second-order valence-electron chi connectivity index (χ2n) is 5.46. The lowest BCUT2D eigenvalue weighted by Crippen LogP contribution is -2.53. The Kier molecular flexibility index (Phi) is 5.11. The van der Waals surface area contributed by atoms with Gasteiger partial charge >= 0.3 is 0 Å². The molecule has 3 rings (SSSR count). The number of anilines is 1. The first-order valence-corrected chi connectivity index (χ1v) is 7.81. The highest BCUT2D eigenvalue weighted by molar-refractivity contribution is 6.50. The summed E-state index contributed by atoms with van der Waals surface area (Å²) in [6, 6.07) is 10.3. The molecule has 1 aromatic heterocycles. The van der Waals surface area contributed by atoms with Crippen LogP contribution in [0.3, 0.4) is 0 Å². The van der Waals surface area contributed by atoms with Crippen molar-refractivity contribution in [2.24, 2.45) is 16.8 Å². The summed E-state index contributed by atoms with van der Waals surface area (Å²) in [5, 5.41) is 5.48. The average molecular weight is 368 g/mol. The van der Waals surface area contributed by atoms with Crippen molar-refractivity contribution >= 4 is 29.0 Å². The van der Waals surface area contributed by atoms with E-state index in [2.05, 4.69) is 5.10 Å². The molecular formula is C17H16N6O4. The van der Waals surface area contributed by atoms with Gasteiger partial charge < -0.3 is 4.42 Å². The summed E-state index contributed by atoms with van der Waals surface area (Å²) in [5.74, 6) is 8.52. The SMILES string of the molecule is NNC(=O)C1=CC(C(=O)c2ccco2)=NN(c2ccccc2)C1C(=O)NN. The van der Waals surface area contributed by atoms with Gasteiger partial charge in [-0.25, -0.2) is 16.7 Å². The highest BCUT2D eigenvalue weighted by atomic mass is 16.3. The minimum Gasteiger partial charge on any atom is -0.461 e. The van der Waals surface area contributed by atoms with E-state index in [0.717, 1.165) is 0 Å². The Bertz CT molecular complexity index is 920. The number of ketones is 1. The minimum absolute atomic E-state index is 0.0345. The first-order chi connectivity index (χ1) is 13.1. The van der Waals surface area contributed by atoms with Gasteiger partial charge in [0, 0.05) is 0 Å². The molecule has 1 aromatic carbocycles. The summed E-state index contributed by atoms with van der Waals surface area (Å²) in [5.41, 5.74) is 4.22. The molecule has 2 aromatic rings. The normalized spacial score (nSPS) is 16.2. The number of amides is 2. The van der Waals surface area contributed by atoms with Crippen LogP contribution in [0.4, 0.5) is 5.69 Å². The molecule has 0 fully saturated rings. The molecular weight excluding hydrogens is 352 g/mol. The number of hydrogen-bond donors (Lipinski definition) is 4. The molecule has 1 aliphatic rings. The predicted molar refractivity (Wildman–Crippen MR) is 95.9 cm³/mol. The first-order valence-electron chi connectivity index (χ1n) is 7.81. The third-order valence-corrected chi connectivity index (χ3v) is 3.83. The molecule has 0 saturated carbocycles. The van der Waals surface area contributed by atoms with Gasteiger partial charge in [-0.2, -0.15) is 5.10 Å². The maximum Gasteiger partial charge on any atom is 0.263 e. The number of para-hydroxylation sites is 1. The summed E-state index contributed by atoms with van der Waals surface area (Å²) in [4.78, 5) is 37.3. The van der Waals surface area contributed by atoms with Crippen LogP contribution in [0.15, 0.2) is 69.9 Å². The summed E-state index contributed by atoms with van der Waals surface area (Å²) in [6.45, 7) is 0. The zero-order valence-corrected chi connectivity index (χ0v) is 14.0. The lowest BCUT2D eigenvalue weighted by atomic mass is 9.99. The van der Waals surface area contributed by atoms with Gasteiger partial charge in [0.15, 0.2) is 11.8 Å². The van der Waals surface area contributed by atoms with Crippen molar-refractivity contribution in [3.05, 3.63) is 66.1 Å². The number of nitrogens with zero attached hydrogens (tertiary/aromatic N) is 2. The molecule has 138 valence electrons. The third-order valence-electron chi connectivity index (χ3n) is 3.83. The Hall–Kier alpha value is -3.76. The molecule has 0 aliphatic carbocycles. The van der Waals surface area contributed by atoms with E-state index in [4.69, 9.17) is 16.1 Å². The summed E-state index contributed by atoms with van der Waals surface area (Å²) >= 11 is 0. The van der Waals surface area contributed by atoms with E-state index in [1.165, 1.54) is 23.4 Å². The number of hydrogen-bond acceptors (Lipinski definition) is 8. The Morgan fingerprint density at radius 1 is 1.04 bits per heavy atom. The zero-order chi connectivity index (χ0) is 19.4. The molecule has 0 radical (unpaired) electrons. The maximum absolute atomic E-state index is 12.7. The molecule has 0 spiro atoms. The first kappa shape index (κ1) is 18.0. The van der Waals surface area contributed by atoms with Gasteiger partial charge in [-0.15, -0.1) is 0 Å². The van der Waals surface area contributed by atoms with Crippen molar-refractivity contribution in [1.29, 1.82) is 0 Å². The molecule has 1 atom stereocenters. The highest BCUT2D eigenvalue weighted by Crippen LogP contribution is 2.26. The molecule has 0 saturated heterocycles. The number of furan rings is 1. The number of carbonyl (C=O) groups excluding carboxylic acids is 3. The third kappa shape index (κ3) is 3.47. The Labute approximate surface area is 153 Å². The molecule has 10 nitrogen and oxygen atoms in total. The van der Waals surface area contributed by atoms with Crippen LogP contribution in [0.5, 0.6) is 0 Å². The van der Waals surface area contributed by atoms with E-state index >= 15 is 0 Å². The Morgan fingerprint density at radius 3 is 2.37 bits per heavy atom. The lowest BCUT2D eigenvalue weighted by Gasteiger charge is -2.32. The fraction of sp³-hybridized carbons (Fsp3) is 0.0588. The van der Waals surface area contributed by atoms with E-state index in [1.807, 2.05) is 10.9 Å². The van der Waals surface area contributed by atoms with Crippen molar-refractivity contribution < 1.29 is 18.8 Å². The minimum atomic E-state index is -1.23. The summed E-state index contributed by atoms with van der Waals surface area (Å²) in [6.07, 6.45) is 2.53. The molecule has 2 heterocycles. The molecule has 2 amide bonds. The topological polar surface area (TPSA) is 156 Å². The zero-order valence-electron chi connectivity index (χ0n) is 14.0. The molecule has 1 aliphatic heterocycles. The molecule has 27 heavy (non-hydrogen) atoms. The standard InChI is InChI=1S/C17H16N6O4/c18-20-16(25)11-9-12(15(24)13-7-4-8-27-13)22-23(14(11)17(26)21-19)10-5-2-1-3-6-10/h1-9,14H,18-19H2,(H,20,25)(H,21,26). The Balaban J connectivity index is 2.14. The molecule has 1 unspecified atom stereocenters. The van der Waals surface area contributed by atoms with Gasteiger partial charge in [0.1, 0.15) is 5.71 Å². The molecule has 0 bridgehead atoms. The van der Waals surface area contributed by atoms with Gasteiger partial charge in [0.2, 0.25) is 5.78 Å². The van der Waals surface area contributed by atoms with E-state index in [-0.39, 0.29) is 17.0 Å². The van der Waals surface area contributed by atoms with Gasteiger partial charge in [-0.1, -0.05) is 18.2 Å². The van der Waals surface area contributed by atoms with Crippen LogP contribution >= 0.6 is 0 Å². The largest absolute Gasteiger partial charge is 0.461 e. The number of hydrazine groups is 2. The van der Waals surface area contributed by atoms with Gasteiger partial charge in [-0.3, -0.25) is 25.2 Å². The quantitative estimate of drug-likeness (QED) is 0.242. The van der Waals surface area contributed by atoms with Crippen molar-refractivity contribution in [2.45, 2.75) is 6.04 Å². The van der Waals surface area contributed by atoms with Crippen molar-refractivity contribution in [3.63, 3.8) is 0 Å². The van der Waals surface area contributed by atoms with E-state index < -0.39 is 23.6 Å². The second kappa shape index (κ2) is 7.64. The van der Waals surface area contributed by atoms with Gasteiger partial charge in [0.05, 0.1) is 17.5 Å². The van der Waals surface area contributed by atoms with Crippen molar-refractivity contribution in [2.75, 3.05) is 5.01 Å². The predicted octanol–water partition coefficient (Wildman–Crippen LogP) is -0.387. The van der Waals surface area contributed by atoms with Crippen molar-refractivity contribution in [1.82, 2.24) is 10.9 Å². The van der Waals surface area contributed by atoms with E-state index in [1.54, 1.807) is 36.4 Å². The van der Waals surface area contributed by atoms with Crippen molar-refractivity contribution in [3.8, 4) is 0 Å². The van der Waals surface area contributed by atoms with Crippen LogP contribution in [0, 0.1) is 0 Å². The number of Topliss-reactive ketones (excluding diaryl/α,β-unsaturated/α-hetero) is 1. The fourth-order valence-electron chi connectivity index (χ4n) is 2.60. The number of hydrazone groups is 1. The smallest absolute Gasteiger partial charge is 0.263 e. The molecule has 10 heteroatoms. The average Bonchev–Trinajstić information content (AvgIpc) is 3.26. The van der Waals surface area contributed by atoms with Crippen LogP contribution in [0.1, 0.15) is 10.6 Å². The van der Waals surface area contributed by atoms with Crippen LogP contribution in [-0.2, 0) is 9.59 Å². The maximum atomic E-state index is 12.7. The summed E-state index contributed by atoms with van der Waals surface area (Å²) < 4.78 is 5.10. The number of benzene rings is 1. The number of nitrogens with two attached hydrogens (primary N) is 2. The highest BCUT2D eigenvalue weighted by Gasteiger charge is 2.38. The molecule has 6 N–H and O–H groups in total. The number of nitrogens with one attached hydrogen (secondary N) is 2. The van der Waals surface area contributed by atoms with Crippen LogP contribution in [-0.4, -0.2) is 29.4 Å². The van der Waals surface area contributed by atoms with Crippen LogP contribution < -0.4 is 27.5 Å². The van der Waals surface area contributed by atoms with E-state index in [9.17, 15) is 14.4 Å². The Morgan fingerprint density at radius 2 is 1.78 bits per heavy atom. The second-order valence-corrected chi connectivity index (χ2v) is 5.46. The monoisotopic (exact) mass is 368 g/mol.